The normalized spacial score (nSPS) is 18.2. The standard InChI is InChI=1S/C23H28Cl2N2O4S/c1-3-22(17-7-9-19(31-2)10-8-17)26-23(28)18-5-4-12-27(14-18)32(29,30)15-16-6-11-20(24)21(25)13-16/h6-11,13,18,22H,3-5,12,14-15H2,1-2H3,(H,26,28)/t18-,22-/m0/s1. The maximum Gasteiger partial charge on any atom is 0.224 e. The van der Waals surface area contributed by atoms with E-state index < -0.39 is 10.0 Å². The number of carbonyl (C=O) groups is 1. The van der Waals surface area contributed by atoms with Gasteiger partial charge in [-0.2, -0.15) is 0 Å². The van der Waals surface area contributed by atoms with E-state index in [1.807, 2.05) is 31.2 Å². The summed E-state index contributed by atoms with van der Waals surface area (Å²) in [6.45, 7) is 2.59. The Kier molecular flexibility index (Phi) is 8.44. The highest BCUT2D eigenvalue weighted by Crippen LogP contribution is 2.27. The minimum atomic E-state index is -3.59. The molecule has 0 saturated carbocycles. The van der Waals surface area contributed by atoms with E-state index in [-0.39, 0.29) is 30.2 Å². The second kappa shape index (κ2) is 10.9. The van der Waals surface area contributed by atoms with Gasteiger partial charge in [-0.25, -0.2) is 12.7 Å². The zero-order valence-corrected chi connectivity index (χ0v) is 20.5. The summed E-state index contributed by atoms with van der Waals surface area (Å²) >= 11 is 11.9. The van der Waals surface area contributed by atoms with Gasteiger partial charge in [0.25, 0.3) is 0 Å². The first-order valence-corrected chi connectivity index (χ1v) is 13.0. The number of rotatable bonds is 8. The average Bonchev–Trinajstić information content (AvgIpc) is 2.79. The van der Waals surface area contributed by atoms with E-state index in [0.717, 1.165) is 17.7 Å². The fraction of sp³-hybridized carbons (Fsp3) is 0.435. The summed E-state index contributed by atoms with van der Waals surface area (Å²) in [7, 11) is -1.98. The number of piperidine rings is 1. The lowest BCUT2D eigenvalue weighted by atomic mass is 9.97. The van der Waals surface area contributed by atoms with Crippen LogP contribution in [0, 0.1) is 5.92 Å². The van der Waals surface area contributed by atoms with Crippen molar-refractivity contribution in [3.63, 3.8) is 0 Å². The molecule has 9 heteroatoms. The molecule has 0 bridgehead atoms. The van der Waals surface area contributed by atoms with Crippen LogP contribution in [0.25, 0.3) is 0 Å². The molecule has 174 valence electrons. The molecule has 0 radical (unpaired) electrons. The predicted octanol–water partition coefficient (Wildman–Crippen LogP) is 4.81. The molecule has 6 nitrogen and oxygen atoms in total. The first kappa shape index (κ1) is 24.8. The minimum absolute atomic E-state index is 0.123. The van der Waals surface area contributed by atoms with Crippen LogP contribution in [0.3, 0.4) is 0 Å². The first-order valence-electron chi connectivity index (χ1n) is 10.6. The Labute approximate surface area is 199 Å². The molecular formula is C23H28Cl2N2O4S. The molecule has 0 unspecified atom stereocenters. The topological polar surface area (TPSA) is 75.7 Å². The van der Waals surface area contributed by atoms with E-state index in [1.165, 1.54) is 4.31 Å². The smallest absolute Gasteiger partial charge is 0.224 e. The highest BCUT2D eigenvalue weighted by molar-refractivity contribution is 7.88. The van der Waals surface area contributed by atoms with Gasteiger partial charge in [0.1, 0.15) is 5.75 Å². The Hall–Kier alpha value is -1.80. The average molecular weight is 499 g/mol. The Morgan fingerprint density at radius 3 is 2.53 bits per heavy atom. The molecule has 1 saturated heterocycles. The number of benzene rings is 2. The van der Waals surface area contributed by atoms with Crippen LogP contribution in [-0.4, -0.2) is 38.8 Å². The van der Waals surface area contributed by atoms with Crippen molar-refractivity contribution in [2.75, 3.05) is 20.2 Å². The van der Waals surface area contributed by atoms with Crippen LogP contribution in [-0.2, 0) is 20.6 Å². The third-order valence-electron chi connectivity index (χ3n) is 5.72. The van der Waals surface area contributed by atoms with Crippen molar-refractivity contribution in [1.29, 1.82) is 0 Å². The third-order valence-corrected chi connectivity index (χ3v) is 8.28. The monoisotopic (exact) mass is 498 g/mol. The van der Waals surface area contributed by atoms with Crippen LogP contribution in [0.5, 0.6) is 5.75 Å². The quantitative estimate of drug-likeness (QED) is 0.566. The van der Waals surface area contributed by atoms with Gasteiger partial charge in [-0.05, 0) is 54.7 Å². The zero-order valence-electron chi connectivity index (χ0n) is 18.2. The SMILES string of the molecule is CC[C@H](NC(=O)[C@H]1CCCN(S(=O)(=O)Cc2ccc(Cl)c(Cl)c2)C1)c1ccc(OC)cc1. The molecule has 0 aliphatic carbocycles. The number of methoxy groups -OCH3 is 1. The summed E-state index contributed by atoms with van der Waals surface area (Å²) in [5.41, 5.74) is 1.55. The van der Waals surface area contributed by atoms with Gasteiger partial charge in [0.15, 0.2) is 0 Å². The molecule has 1 aliphatic rings. The van der Waals surface area contributed by atoms with Gasteiger partial charge in [0.05, 0.1) is 34.9 Å². The molecule has 1 N–H and O–H groups in total. The van der Waals surface area contributed by atoms with Crippen LogP contribution in [0.15, 0.2) is 42.5 Å². The molecule has 0 aromatic heterocycles. The summed E-state index contributed by atoms with van der Waals surface area (Å²) < 4.78 is 32.6. The number of hydrogen-bond donors (Lipinski definition) is 1. The van der Waals surface area contributed by atoms with Gasteiger partial charge in [-0.3, -0.25) is 4.79 Å². The van der Waals surface area contributed by atoms with Crippen molar-refractivity contribution in [3.05, 3.63) is 63.6 Å². The van der Waals surface area contributed by atoms with Crippen LogP contribution in [0.4, 0.5) is 0 Å². The molecule has 1 fully saturated rings. The highest BCUT2D eigenvalue weighted by atomic mass is 35.5. The van der Waals surface area contributed by atoms with Crippen molar-refractivity contribution in [3.8, 4) is 5.75 Å². The molecule has 32 heavy (non-hydrogen) atoms. The predicted molar refractivity (Wildman–Crippen MR) is 128 cm³/mol. The summed E-state index contributed by atoms with van der Waals surface area (Å²) in [4.78, 5) is 13.0. The molecule has 1 heterocycles. The summed E-state index contributed by atoms with van der Waals surface area (Å²) in [5, 5.41) is 3.79. The lowest BCUT2D eigenvalue weighted by molar-refractivity contribution is -0.126. The van der Waals surface area contributed by atoms with E-state index in [9.17, 15) is 13.2 Å². The second-order valence-corrected chi connectivity index (χ2v) is 10.7. The molecular weight excluding hydrogens is 471 g/mol. The number of nitrogens with one attached hydrogen (secondary N) is 1. The van der Waals surface area contributed by atoms with Crippen molar-refractivity contribution in [1.82, 2.24) is 9.62 Å². The second-order valence-electron chi connectivity index (χ2n) is 7.94. The Bertz CT molecular complexity index is 1040. The zero-order chi connectivity index (χ0) is 23.3. The Morgan fingerprint density at radius 2 is 1.91 bits per heavy atom. The molecule has 2 atom stereocenters. The summed E-state index contributed by atoms with van der Waals surface area (Å²) in [6, 6.07) is 12.3. The van der Waals surface area contributed by atoms with Gasteiger partial charge in [0.2, 0.25) is 15.9 Å². The van der Waals surface area contributed by atoms with E-state index in [2.05, 4.69) is 5.32 Å². The number of carbonyl (C=O) groups excluding carboxylic acids is 1. The lowest BCUT2D eigenvalue weighted by Gasteiger charge is -2.32. The summed E-state index contributed by atoms with van der Waals surface area (Å²) in [6.07, 6.45) is 2.02. The van der Waals surface area contributed by atoms with E-state index in [0.29, 0.717) is 35.0 Å². The van der Waals surface area contributed by atoms with Crippen molar-refractivity contribution in [2.24, 2.45) is 5.92 Å². The van der Waals surface area contributed by atoms with E-state index in [1.54, 1.807) is 25.3 Å². The number of amides is 1. The molecule has 0 spiro atoms. The lowest BCUT2D eigenvalue weighted by Crippen LogP contribution is -2.46. The minimum Gasteiger partial charge on any atom is -0.497 e. The number of halogens is 2. The largest absolute Gasteiger partial charge is 0.497 e. The maximum atomic E-state index is 13.0. The van der Waals surface area contributed by atoms with Gasteiger partial charge in [-0.15, -0.1) is 0 Å². The molecule has 2 aromatic rings. The fourth-order valence-electron chi connectivity index (χ4n) is 3.89. The van der Waals surface area contributed by atoms with Crippen LogP contribution in [0.1, 0.15) is 43.4 Å². The van der Waals surface area contributed by atoms with Crippen LogP contribution >= 0.6 is 23.2 Å². The van der Waals surface area contributed by atoms with E-state index >= 15 is 0 Å². The third kappa shape index (κ3) is 6.16. The molecule has 1 amide bonds. The molecule has 2 aromatic carbocycles. The van der Waals surface area contributed by atoms with Gasteiger partial charge < -0.3 is 10.1 Å². The molecule has 3 rings (SSSR count). The highest BCUT2D eigenvalue weighted by Gasteiger charge is 2.33. The van der Waals surface area contributed by atoms with Crippen molar-refractivity contribution < 1.29 is 17.9 Å². The van der Waals surface area contributed by atoms with Gasteiger partial charge in [-0.1, -0.05) is 48.3 Å². The summed E-state index contributed by atoms with van der Waals surface area (Å²) in [5.74, 6) is 0.0635. The number of ether oxygens (including phenoxy) is 1. The van der Waals surface area contributed by atoms with E-state index in [4.69, 9.17) is 27.9 Å². The Balaban J connectivity index is 1.65. The number of sulfonamides is 1. The van der Waals surface area contributed by atoms with Gasteiger partial charge >= 0.3 is 0 Å². The van der Waals surface area contributed by atoms with Crippen LogP contribution in [0.2, 0.25) is 10.0 Å². The van der Waals surface area contributed by atoms with Crippen LogP contribution < -0.4 is 10.1 Å². The molecule has 1 aliphatic heterocycles. The fourth-order valence-corrected chi connectivity index (χ4v) is 5.81. The Morgan fingerprint density at radius 1 is 1.19 bits per heavy atom. The van der Waals surface area contributed by atoms with Crippen molar-refractivity contribution in [2.45, 2.75) is 38.0 Å². The number of nitrogens with zero attached hydrogens (tertiary/aromatic N) is 1. The van der Waals surface area contributed by atoms with Crippen molar-refractivity contribution >= 4 is 39.1 Å². The maximum absolute atomic E-state index is 13.0. The van der Waals surface area contributed by atoms with Gasteiger partial charge in [0, 0.05) is 13.1 Å². The first-order chi connectivity index (χ1) is 15.2. The number of hydrogen-bond acceptors (Lipinski definition) is 4.